The van der Waals surface area contributed by atoms with Gasteiger partial charge < -0.3 is 15.1 Å². The monoisotopic (exact) mass is 335 g/mol. The van der Waals surface area contributed by atoms with Gasteiger partial charge in [-0.3, -0.25) is 4.79 Å². The fourth-order valence-corrected chi connectivity index (χ4v) is 5.12. The van der Waals surface area contributed by atoms with Gasteiger partial charge >= 0.3 is 0 Å². The fraction of sp³-hybridized carbons (Fsp3) is 0.611. The van der Waals surface area contributed by atoms with Crippen LogP contribution in [0.3, 0.4) is 0 Å². The number of aryl methyl sites for hydroxylation is 1. The van der Waals surface area contributed by atoms with Crippen molar-refractivity contribution in [2.75, 3.05) is 39.3 Å². The summed E-state index contributed by atoms with van der Waals surface area (Å²) in [6.07, 6.45) is 0.925. The lowest BCUT2D eigenvalue weighted by Gasteiger charge is -2.28. The van der Waals surface area contributed by atoms with Crippen molar-refractivity contribution >= 4 is 17.7 Å². The minimum atomic E-state index is 0.129. The van der Waals surface area contributed by atoms with Crippen molar-refractivity contribution in [2.24, 2.45) is 0 Å². The Kier molecular flexibility index (Phi) is 5.62. The quantitative estimate of drug-likeness (QED) is 0.783. The van der Waals surface area contributed by atoms with E-state index in [4.69, 9.17) is 0 Å². The van der Waals surface area contributed by atoms with Gasteiger partial charge in [0.15, 0.2) is 0 Å². The first-order chi connectivity index (χ1) is 11.2. The molecule has 0 spiro atoms. The van der Waals surface area contributed by atoms with Crippen LogP contribution < -0.4 is 10.2 Å². The van der Waals surface area contributed by atoms with Crippen LogP contribution in [-0.2, 0) is 4.79 Å². The number of quaternary nitrogens is 2. The zero-order valence-electron chi connectivity index (χ0n) is 14.3. The van der Waals surface area contributed by atoms with Crippen LogP contribution in [0.2, 0.25) is 0 Å². The topological polar surface area (TPSA) is 41.4 Å². The van der Waals surface area contributed by atoms with Crippen molar-refractivity contribution in [3.63, 3.8) is 0 Å². The largest absolute Gasteiger partial charge is 0.337 e. The highest BCUT2D eigenvalue weighted by molar-refractivity contribution is 8.01. The fourth-order valence-electron chi connectivity index (χ4n) is 3.60. The van der Waals surface area contributed by atoms with Crippen LogP contribution >= 0.6 is 11.8 Å². The maximum atomic E-state index is 12.8. The normalized spacial score (nSPS) is 26.0. The summed E-state index contributed by atoms with van der Waals surface area (Å²) in [6.45, 7) is 11.1. The van der Waals surface area contributed by atoms with E-state index in [9.17, 15) is 4.79 Å². The van der Waals surface area contributed by atoms with E-state index in [1.807, 2.05) is 11.8 Å². The first-order valence-electron chi connectivity index (χ1n) is 8.87. The molecule has 1 aromatic rings. The number of rotatable bonds is 5. The molecule has 0 aromatic heterocycles. The third-order valence-corrected chi connectivity index (χ3v) is 6.70. The smallest absolute Gasteiger partial charge is 0.237 e. The van der Waals surface area contributed by atoms with Gasteiger partial charge in [-0.15, -0.1) is 11.8 Å². The number of carbonyl (C=O) groups excluding carboxylic acids is 1. The minimum absolute atomic E-state index is 0.129. The van der Waals surface area contributed by atoms with Gasteiger partial charge in [-0.05, 0) is 24.5 Å². The number of nitrogens with zero attached hydrogens (tertiary/aromatic N) is 1. The van der Waals surface area contributed by atoms with E-state index in [1.54, 1.807) is 4.90 Å². The van der Waals surface area contributed by atoms with Crippen LogP contribution in [0, 0.1) is 6.92 Å². The van der Waals surface area contributed by atoms with E-state index in [-0.39, 0.29) is 10.6 Å². The molecule has 2 heterocycles. The Morgan fingerprint density at radius 1 is 1.30 bits per heavy atom. The van der Waals surface area contributed by atoms with Crippen LogP contribution in [0.5, 0.6) is 0 Å². The van der Waals surface area contributed by atoms with Crippen molar-refractivity contribution < 1.29 is 15.0 Å². The van der Waals surface area contributed by atoms with E-state index in [0.717, 1.165) is 19.5 Å². The number of hydrogen-bond acceptors (Lipinski definition) is 2. The van der Waals surface area contributed by atoms with Gasteiger partial charge in [-0.1, -0.05) is 31.2 Å². The van der Waals surface area contributed by atoms with Gasteiger partial charge in [0, 0.05) is 0 Å². The lowest BCUT2D eigenvalue weighted by atomic mass is 10.1. The second kappa shape index (κ2) is 7.69. The molecule has 23 heavy (non-hydrogen) atoms. The molecule has 1 aromatic carbocycles. The number of benzene rings is 1. The molecule has 2 saturated heterocycles. The summed E-state index contributed by atoms with van der Waals surface area (Å²) in [5.74, 6) is 0.341. The highest BCUT2D eigenvalue weighted by Crippen LogP contribution is 2.44. The minimum Gasteiger partial charge on any atom is -0.337 e. The Bertz CT molecular complexity index is 545. The van der Waals surface area contributed by atoms with Gasteiger partial charge in [0.1, 0.15) is 31.6 Å². The average molecular weight is 336 g/mol. The third kappa shape index (κ3) is 3.73. The van der Waals surface area contributed by atoms with Crippen molar-refractivity contribution in [1.82, 2.24) is 4.90 Å². The molecule has 0 bridgehead atoms. The molecule has 2 fully saturated rings. The molecule has 4 nitrogen and oxygen atoms in total. The van der Waals surface area contributed by atoms with Gasteiger partial charge in [0.05, 0.1) is 18.3 Å². The molecular weight excluding hydrogens is 306 g/mol. The Labute approximate surface area is 143 Å². The van der Waals surface area contributed by atoms with Crippen LogP contribution in [0.25, 0.3) is 0 Å². The molecule has 0 aliphatic carbocycles. The SMILES string of the molecule is CC[C@@H]1S[C@@H](c2ccccc2C)N(CC[NH+]2CC[NH2+]CC2)C1=O. The second-order valence-corrected chi connectivity index (χ2v) is 7.93. The Balaban J connectivity index is 1.73. The Hall–Kier alpha value is -1.04. The molecule has 0 radical (unpaired) electrons. The zero-order chi connectivity index (χ0) is 16.2. The molecule has 126 valence electrons. The van der Waals surface area contributed by atoms with Crippen molar-refractivity contribution in [3.8, 4) is 0 Å². The first-order valence-corrected chi connectivity index (χ1v) is 9.81. The highest BCUT2D eigenvalue weighted by atomic mass is 32.2. The van der Waals surface area contributed by atoms with Crippen LogP contribution in [-0.4, -0.2) is 55.3 Å². The van der Waals surface area contributed by atoms with Crippen molar-refractivity contribution in [2.45, 2.75) is 30.9 Å². The van der Waals surface area contributed by atoms with Crippen molar-refractivity contribution in [1.29, 1.82) is 0 Å². The lowest BCUT2D eigenvalue weighted by molar-refractivity contribution is -0.946. The molecule has 0 saturated carbocycles. The van der Waals surface area contributed by atoms with E-state index in [1.165, 1.54) is 37.3 Å². The number of amides is 1. The molecule has 2 aliphatic heterocycles. The van der Waals surface area contributed by atoms with Gasteiger partial charge in [0.2, 0.25) is 5.91 Å². The average Bonchev–Trinajstić information content (AvgIpc) is 2.90. The van der Waals surface area contributed by atoms with E-state index < -0.39 is 0 Å². The van der Waals surface area contributed by atoms with Crippen molar-refractivity contribution in [3.05, 3.63) is 35.4 Å². The number of nitrogens with two attached hydrogens (primary N) is 1. The number of nitrogens with one attached hydrogen (secondary N) is 1. The van der Waals surface area contributed by atoms with E-state index in [2.05, 4.69) is 48.3 Å². The molecule has 3 N–H and O–H groups in total. The number of carbonyl (C=O) groups is 1. The number of hydrogen-bond donors (Lipinski definition) is 2. The summed E-state index contributed by atoms with van der Waals surface area (Å²) in [5, 5.41) is 2.72. The van der Waals surface area contributed by atoms with Gasteiger partial charge in [-0.25, -0.2) is 0 Å². The predicted molar refractivity (Wildman–Crippen MR) is 94.5 cm³/mol. The standard InChI is InChI=1S/C18H27N3OS/c1-3-16-17(22)21(13-12-20-10-8-19-9-11-20)18(23-16)15-7-5-4-6-14(15)2/h4-7,16,18-19H,3,8-13H2,1-2H3/p+2/t16-,18-/m0/s1. The number of piperazine rings is 1. The van der Waals surface area contributed by atoms with E-state index in [0.29, 0.717) is 5.91 Å². The third-order valence-electron chi connectivity index (χ3n) is 5.07. The summed E-state index contributed by atoms with van der Waals surface area (Å²) in [4.78, 5) is 16.6. The lowest BCUT2D eigenvalue weighted by Crippen LogP contribution is -3.20. The van der Waals surface area contributed by atoms with Gasteiger partial charge in [-0.2, -0.15) is 0 Å². The molecule has 5 heteroatoms. The number of thioether (sulfide) groups is 1. The van der Waals surface area contributed by atoms with Crippen LogP contribution in [0.4, 0.5) is 0 Å². The van der Waals surface area contributed by atoms with Crippen LogP contribution in [0.1, 0.15) is 29.8 Å². The Morgan fingerprint density at radius 2 is 2.04 bits per heavy atom. The highest BCUT2D eigenvalue weighted by Gasteiger charge is 2.40. The zero-order valence-corrected chi connectivity index (χ0v) is 15.1. The summed E-state index contributed by atoms with van der Waals surface area (Å²) in [7, 11) is 0. The maximum absolute atomic E-state index is 12.8. The molecular formula is C18H29N3OS+2. The molecule has 3 rings (SSSR count). The summed E-state index contributed by atoms with van der Waals surface area (Å²) < 4.78 is 0. The van der Waals surface area contributed by atoms with Crippen LogP contribution in [0.15, 0.2) is 24.3 Å². The maximum Gasteiger partial charge on any atom is 0.237 e. The molecule has 2 aliphatic rings. The molecule has 1 amide bonds. The predicted octanol–water partition coefficient (Wildman–Crippen LogP) is -0.190. The first kappa shape index (κ1) is 16.8. The molecule has 2 atom stereocenters. The van der Waals surface area contributed by atoms with E-state index >= 15 is 0 Å². The second-order valence-electron chi connectivity index (χ2n) is 6.64. The Morgan fingerprint density at radius 3 is 2.74 bits per heavy atom. The summed E-state index contributed by atoms with van der Waals surface area (Å²) in [6, 6.07) is 8.52. The summed E-state index contributed by atoms with van der Waals surface area (Å²) >= 11 is 1.84. The summed E-state index contributed by atoms with van der Waals surface area (Å²) in [5.41, 5.74) is 2.60. The van der Waals surface area contributed by atoms with Gasteiger partial charge in [0.25, 0.3) is 0 Å². The molecule has 0 unspecified atom stereocenters.